The lowest BCUT2D eigenvalue weighted by atomic mass is 9.84. The van der Waals surface area contributed by atoms with Crippen LogP contribution in [0.5, 0.6) is 0 Å². The van der Waals surface area contributed by atoms with E-state index in [2.05, 4.69) is 32.6 Å². The van der Waals surface area contributed by atoms with E-state index in [1.165, 1.54) is 45.1 Å². The fourth-order valence-electron chi connectivity index (χ4n) is 3.78. The molecule has 2 rings (SSSR count). The third-order valence-corrected chi connectivity index (χ3v) is 4.93. The zero-order chi connectivity index (χ0) is 11.8. The molecule has 1 heterocycles. The first-order chi connectivity index (χ1) is 7.49. The Hall–Kier alpha value is -0.0400. The Morgan fingerprint density at radius 3 is 2.44 bits per heavy atom. The van der Waals surface area contributed by atoms with Crippen molar-refractivity contribution >= 4 is 0 Å². The smallest absolute Gasteiger partial charge is 0.0126 e. The van der Waals surface area contributed by atoms with Crippen LogP contribution in [0, 0.1) is 11.3 Å². The number of rotatable bonds is 1. The molecule has 0 bridgehead atoms. The predicted molar refractivity (Wildman–Crippen MR) is 70.6 cm³/mol. The first kappa shape index (κ1) is 12.4. The summed E-state index contributed by atoms with van der Waals surface area (Å²) < 4.78 is 0. The normalized spacial score (nSPS) is 35.8. The molecule has 1 saturated heterocycles. The van der Waals surface area contributed by atoms with Crippen molar-refractivity contribution in [2.75, 3.05) is 6.54 Å². The van der Waals surface area contributed by atoms with Crippen LogP contribution in [-0.4, -0.2) is 23.5 Å². The molecule has 1 nitrogen and oxygen atoms in total. The average Bonchev–Trinajstić information content (AvgIpc) is 2.38. The minimum Gasteiger partial charge on any atom is -0.298 e. The summed E-state index contributed by atoms with van der Waals surface area (Å²) in [6.45, 7) is 11.0. The van der Waals surface area contributed by atoms with Crippen LogP contribution in [0.4, 0.5) is 0 Å². The van der Waals surface area contributed by atoms with Gasteiger partial charge in [-0.25, -0.2) is 0 Å². The zero-order valence-corrected chi connectivity index (χ0v) is 11.6. The monoisotopic (exact) mass is 223 g/mol. The van der Waals surface area contributed by atoms with Crippen molar-refractivity contribution < 1.29 is 0 Å². The molecule has 16 heavy (non-hydrogen) atoms. The molecule has 0 spiro atoms. The van der Waals surface area contributed by atoms with Gasteiger partial charge in [-0.15, -0.1) is 0 Å². The largest absolute Gasteiger partial charge is 0.298 e. The summed E-state index contributed by atoms with van der Waals surface area (Å²) in [6, 6.07) is 1.64. The molecule has 1 aliphatic carbocycles. The zero-order valence-electron chi connectivity index (χ0n) is 11.6. The summed E-state index contributed by atoms with van der Waals surface area (Å²) in [4.78, 5) is 2.79. The maximum atomic E-state index is 2.79. The lowest BCUT2D eigenvalue weighted by Gasteiger charge is -2.43. The lowest BCUT2D eigenvalue weighted by molar-refractivity contribution is 0.0590. The lowest BCUT2D eigenvalue weighted by Crippen LogP contribution is -2.48. The molecule has 0 aromatic rings. The van der Waals surface area contributed by atoms with Crippen molar-refractivity contribution in [2.24, 2.45) is 11.3 Å². The number of piperidine rings is 1. The third-order valence-electron chi connectivity index (χ3n) is 4.93. The van der Waals surface area contributed by atoms with Crippen molar-refractivity contribution in [2.45, 2.75) is 78.3 Å². The third kappa shape index (κ3) is 2.61. The van der Waals surface area contributed by atoms with Gasteiger partial charge < -0.3 is 0 Å². The van der Waals surface area contributed by atoms with E-state index >= 15 is 0 Å². The van der Waals surface area contributed by atoms with Crippen LogP contribution in [0.2, 0.25) is 0 Å². The maximum absolute atomic E-state index is 2.79. The summed E-state index contributed by atoms with van der Waals surface area (Å²) in [5.41, 5.74) is 0.597. The van der Waals surface area contributed by atoms with Crippen molar-refractivity contribution in [3.05, 3.63) is 0 Å². The van der Waals surface area contributed by atoms with Crippen molar-refractivity contribution in [1.29, 1.82) is 0 Å². The van der Waals surface area contributed by atoms with E-state index in [9.17, 15) is 0 Å². The van der Waals surface area contributed by atoms with Gasteiger partial charge in [-0.3, -0.25) is 4.90 Å². The van der Waals surface area contributed by atoms with Crippen LogP contribution in [0.1, 0.15) is 66.2 Å². The second-order valence-electron chi connectivity index (χ2n) is 7.04. The Labute approximate surface area is 102 Å². The summed E-state index contributed by atoms with van der Waals surface area (Å²) in [7, 11) is 0. The fourth-order valence-corrected chi connectivity index (χ4v) is 3.78. The van der Waals surface area contributed by atoms with Crippen LogP contribution in [-0.2, 0) is 0 Å². The molecule has 2 unspecified atom stereocenters. The van der Waals surface area contributed by atoms with Crippen LogP contribution in [0.25, 0.3) is 0 Å². The molecule has 2 aliphatic rings. The van der Waals surface area contributed by atoms with Gasteiger partial charge in [-0.1, -0.05) is 13.8 Å². The molecule has 1 aliphatic heterocycles. The van der Waals surface area contributed by atoms with Gasteiger partial charge in [0.2, 0.25) is 0 Å². The van der Waals surface area contributed by atoms with Crippen LogP contribution in [0.15, 0.2) is 0 Å². The first-order valence-electron chi connectivity index (χ1n) is 7.25. The Bertz CT molecular complexity index is 232. The quantitative estimate of drug-likeness (QED) is 0.647. The van der Waals surface area contributed by atoms with E-state index in [0.717, 1.165) is 18.0 Å². The van der Waals surface area contributed by atoms with Gasteiger partial charge in [0.25, 0.3) is 0 Å². The molecule has 0 aromatic carbocycles. The molecular weight excluding hydrogens is 194 g/mol. The van der Waals surface area contributed by atoms with Crippen LogP contribution in [0.3, 0.4) is 0 Å². The van der Waals surface area contributed by atoms with Crippen LogP contribution >= 0.6 is 0 Å². The molecule has 94 valence electrons. The van der Waals surface area contributed by atoms with Crippen molar-refractivity contribution in [1.82, 2.24) is 4.90 Å². The van der Waals surface area contributed by atoms with Crippen LogP contribution < -0.4 is 0 Å². The minimum atomic E-state index is 0.597. The summed E-state index contributed by atoms with van der Waals surface area (Å²) in [6.07, 6.45) is 8.71. The van der Waals surface area contributed by atoms with Gasteiger partial charge in [-0.05, 0) is 70.3 Å². The molecule has 0 aromatic heterocycles. The second kappa shape index (κ2) is 4.68. The second-order valence-corrected chi connectivity index (χ2v) is 7.04. The van der Waals surface area contributed by atoms with Crippen molar-refractivity contribution in [3.63, 3.8) is 0 Å². The highest BCUT2D eigenvalue weighted by molar-refractivity contribution is 4.90. The number of likely N-dealkylation sites (tertiary alicyclic amines) is 1. The molecule has 0 amide bonds. The molecule has 1 saturated carbocycles. The van der Waals surface area contributed by atoms with Gasteiger partial charge in [-0.2, -0.15) is 0 Å². The molecule has 0 N–H and O–H groups in total. The molecule has 2 fully saturated rings. The average molecular weight is 223 g/mol. The number of hydrogen-bond acceptors (Lipinski definition) is 1. The Kier molecular flexibility index (Phi) is 3.63. The van der Waals surface area contributed by atoms with E-state index < -0.39 is 0 Å². The fraction of sp³-hybridized carbons (Fsp3) is 1.00. The Morgan fingerprint density at radius 2 is 1.75 bits per heavy atom. The number of fused-ring (bicyclic) bond motifs is 1. The number of nitrogens with zero attached hydrogens (tertiary/aromatic N) is 1. The predicted octanol–water partition coefficient (Wildman–Crippen LogP) is 4.08. The minimum absolute atomic E-state index is 0.597. The number of hydrogen-bond donors (Lipinski definition) is 0. The van der Waals surface area contributed by atoms with E-state index in [1.54, 1.807) is 0 Å². The summed E-state index contributed by atoms with van der Waals surface area (Å²) in [5.74, 6) is 0.998. The maximum Gasteiger partial charge on any atom is 0.0126 e. The van der Waals surface area contributed by atoms with Gasteiger partial charge in [0.15, 0.2) is 0 Å². The summed E-state index contributed by atoms with van der Waals surface area (Å²) in [5, 5.41) is 0. The Balaban J connectivity index is 2.08. The highest BCUT2D eigenvalue weighted by Gasteiger charge is 2.36. The molecule has 1 heteroatoms. The van der Waals surface area contributed by atoms with E-state index in [4.69, 9.17) is 0 Å². The SMILES string of the molecule is CC(C)N1CCCC2CCC(C)(C)CCC21. The summed E-state index contributed by atoms with van der Waals surface area (Å²) >= 11 is 0. The van der Waals surface area contributed by atoms with E-state index in [-0.39, 0.29) is 0 Å². The van der Waals surface area contributed by atoms with Gasteiger partial charge in [0, 0.05) is 12.1 Å². The molecule has 0 radical (unpaired) electrons. The topological polar surface area (TPSA) is 3.24 Å². The highest BCUT2D eigenvalue weighted by atomic mass is 15.2. The first-order valence-corrected chi connectivity index (χ1v) is 7.25. The van der Waals surface area contributed by atoms with Gasteiger partial charge in [0.1, 0.15) is 0 Å². The van der Waals surface area contributed by atoms with Crippen molar-refractivity contribution in [3.8, 4) is 0 Å². The Morgan fingerprint density at radius 1 is 1.06 bits per heavy atom. The van der Waals surface area contributed by atoms with E-state index in [0.29, 0.717) is 5.41 Å². The van der Waals surface area contributed by atoms with Gasteiger partial charge >= 0.3 is 0 Å². The standard InChI is InChI=1S/C15H29N/c1-12(2)16-11-5-6-13-7-9-15(3,4)10-8-14(13)16/h12-14H,5-11H2,1-4H3. The molecule has 2 atom stereocenters. The highest BCUT2D eigenvalue weighted by Crippen LogP contribution is 2.41. The van der Waals surface area contributed by atoms with Gasteiger partial charge in [0.05, 0.1) is 0 Å². The van der Waals surface area contributed by atoms with E-state index in [1.807, 2.05) is 0 Å². The molecular formula is C15H29N.